The Morgan fingerprint density at radius 1 is 1.00 bits per heavy atom. The molecule has 182 valence electrons. The molecule has 7 heteroatoms. The van der Waals surface area contributed by atoms with Gasteiger partial charge < -0.3 is 18.3 Å². The SMILES string of the molecule is CCn1cc(C=NNC(=O)c2ccc(COc3ccc(-n4c(C)ccc4C)cc3)o2)c2ccccc21. The minimum absolute atomic E-state index is 0.177. The summed E-state index contributed by atoms with van der Waals surface area (Å²) in [5.41, 5.74) is 8.05. The van der Waals surface area contributed by atoms with Gasteiger partial charge in [0.2, 0.25) is 0 Å². The molecule has 0 saturated carbocycles. The number of hydrazone groups is 1. The number of fused-ring (bicyclic) bond motifs is 1. The summed E-state index contributed by atoms with van der Waals surface area (Å²) in [5.74, 6) is 1.03. The molecule has 0 aliphatic rings. The number of furan rings is 1. The standard InChI is InChI=1S/C29H28N4O3/c1-4-32-18-22(26-7-5-6-8-27(26)32)17-30-31-29(34)28-16-15-25(36-28)19-35-24-13-11-23(12-14-24)33-20(2)9-10-21(33)3/h5-18H,4,19H2,1-3H3,(H,31,34). The Bertz CT molecular complexity index is 1520. The second kappa shape index (κ2) is 10.00. The fraction of sp³-hybridized carbons (Fsp3) is 0.172. The number of aromatic nitrogens is 2. The van der Waals surface area contributed by atoms with Gasteiger partial charge in [-0.05, 0) is 75.4 Å². The first-order valence-corrected chi connectivity index (χ1v) is 11.9. The van der Waals surface area contributed by atoms with Crippen molar-refractivity contribution in [2.24, 2.45) is 5.10 Å². The summed E-state index contributed by atoms with van der Waals surface area (Å²) in [5, 5.41) is 5.21. The van der Waals surface area contributed by atoms with Crippen LogP contribution < -0.4 is 10.2 Å². The molecule has 0 aliphatic heterocycles. The molecule has 5 rings (SSSR count). The van der Waals surface area contributed by atoms with Crippen LogP contribution in [-0.2, 0) is 13.2 Å². The molecule has 0 unspecified atom stereocenters. The van der Waals surface area contributed by atoms with Crippen molar-refractivity contribution in [3.8, 4) is 11.4 Å². The zero-order valence-electron chi connectivity index (χ0n) is 20.6. The maximum absolute atomic E-state index is 12.5. The number of aryl methyl sites for hydroxylation is 3. The van der Waals surface area contributed by atoms with Crippen LogP contribution in [0.4, 0.5) is 0 Å². The van der Waals surface area contributed by atoms with E-state index in [9.17, 15) is 4.79 Å². The van der Waals surface area contributed by atoms with Crippen LogP contribution in [0.1, 0.15) is 40.2 Å². The molecule has 3 heterocycles. The van der Waals surface area contributed by atoms with Crippen LogP contribution in [0.5, 0.6) is 5.75 Å². The zero-order chi connectivity index (χ0) is 25.1. The zero-order valence-corrected chi connectivity index (χ0v) is 20.6. The lowest BCUT2D eigenvalue weighted by atomic mass is 10.2. The third kappa shape index (κ3) is 4.68. The lowest BCUT2D eigenvalue weighted by Gasteiger charge is -2.10. The number of amides is 1. The number of carbonyl (C=O) groups excluding carboxylic acids is 1. The Labute approximate surface area is 209 Å². The Morgan fingerprint density at radius 2 is 1.75 bits per heavy atom. The first kappa shape index (κ1) is 23.2. The predicted octanol–water partition coefficient (Wildman–Crippen LogP) is 6.00. The van der Waals surface area contributed by atoms with Gasteiger partial charge in [-0.2, -0.15) is 5.10 Å². The van der Waals surface area contributed by atoms with E-state index in [0.717, 1.165) is 34.4 Å². The van der Waals surface area contributed by atoms with Crippen molar-refractivity contribution in [3.63, 3.8) is 0 Å². The van der Waals surface area contributed by atoms with Crippen molar-refractivity contribution in [3.05, 3.63) is 107 Å². The highest BCUT2D eigenvalue weighted by Crippen LogP contribution is 2.21. The Kier molecular flexibility index (Phi) is 6.45. The minimum Gasteiger partial charge on any atom is -0.486 e. The smallest absolute Gasteiger partial charge is 0.307 e. The number of hydrogen-bond acceptors (Lipinski definition) is 4. The molecule has 7 nitrogen and oxygen atoms in total. The summed E-state index contributed by atoms with van der Waals surface area (Å²) in [6.45, 7) is 7.33. The Hall–Kier alpha value is -4.52. The second-order valence-corrected chi connectivity index (χ2v) is 8.59. The van der Waals surface area contributed by atoms with Gasteiger partial charge >= 0.3 is 5.91 Å². The molecule has 2 aromatic carbocycles. The average Bonchev–Trinajstić information content (AvgIpc) is 3.61. The molecule has 0 radical (unpaired) electrons. The van der Waals surface area contributed by atoms with Crippen molar-refractivity contribution in [2.75, 3.05) is 0 Å². The molecule has 3 aromatic heterocycles. The van der Waals surface area contributed by atoms with Gasteiger partial charge in [0.25, 0.3) is 0 Å². The molecule has 0 aliphatic carbocycles. The Morgan fingerprint density at radius 3 is 2.50 bits per heavy atom. The van der Waals surface area contributed by atoms with Crippen molar-refractivity contribution < 1.29 is 13.9 Å². The fourth-order valence-electron chi connectivity index (χ4n) is 4.35. The van der Waals surface area contributed by atoms with Crippen molar-refractivity contribution >= 4 is 23.0 Å². The van der Waals surface area contributed by atoms with E-state index < -0.39 is 5.91 Å². The number of nitrogens with zero attached hydrogens (tertiary/aromatic N) is 3. The summed E-state index contributed by atoms with van der Waals surface area (Å²) in [6.07, 6.45) is 3.68. The molecule has 5 aromatic rings. The quantitative estimate of drug-likeness (QED) is 0.219. The molecule has 1 amide bonds. The summed E-state index contributed by atoms with van der Waals surface area (Å²) in [4.78, 5) is 12.5. The number of nitrogens with one attached hydrogen (secondary N) is 1. The second-order valence-electron chi connectivity index (χ2n) is 8.59. The van der Waals surface area contributed by atoms with E-state index in [4.69, 9.17) is 9.15 Å². The topological polar surface area (TPSA) is 73.7 Å². The van der Waals surface area contributed by atoms with Crippen molar-refractivity contribution in [2.45, 2.75) is 33.9 Å². The van der Waals surface area contributed by atoms with Crippen molar-refractivity contribution in [1.29, 1.82) is 0 Å². The molecular weight excluding hydrogens is 452 g/mol. The van der Waals surface area contributed by atoms with Crippen LogP contribution in [0.2, 0.25) is 0 Å². The third-order valence-electron chi connectivity index (χ3n) is 6.16. The maximum Gasteiger partial charge on any atom is 0.307 e. The predicted molar refractivity (Wildman–Crippen MR) is 141 cm³/mol. The summed E-state index contributed by atoms with van der Waals surface area (Å²) in [6, 6.07) is 23.5. The van der Waals surface area contributed by atoms with E-state index in [1.807, 2.05) is 48.7 Å². The van der Waals surface area contributed by atoms with Gasteiger partial charge in [0.15, 0.2) is 5.76 Å². The Balaban J connectivity index is 1.18. The van der Waals surface area contributed by atoms with E-state index in [0.29, 0.717) is 5.76 Å². The van der Waals surface area contributed by atoms with Gasteiger partial charge in [0.1, 0.15) is 18.1 Å². The first-order chi connectivity index (χ1) is 17.5. The molecule has 0 saturated heterocycles. The van der Waals surface area contributed by atoms with E-state index in [2.05, 4.69) is 58.6 Å². The summed E-state index contributed by atoms with van der Waals surface area (Å²) >= 11 is 0. The number of carbonyl (C=O) groups is 1. The van der Waals surface area contributed by atoms with Gasteiger partial charge in [-0.15, -0.1) is 0 Å². The monoisotopic (exact) mass is 480 g/mol. The average molecular weight is 481 g/mol. The first-order valence-electron chi connectivity index (χ1n) is 11.9. The minimum atomic E-state index is -0.418. The molecule has 0 bridgehead atoms. The van der Waals surface area contributed by atoms with Crippen LogP contribution in [0.25, 0.3) is 16.6 Å². The van der Waals surface area contributed by atoms with Crippen LogP contribution >= 0.6 is 0 Å². The molecule has 0 spiro atoms. The fourth-order valence-corrected chi connectivity index (χ4v) is 4.35. The van der Waals surface area contributed by atoms with E-state index in [1.54, 1.807) is 18.3 Å². The van der Waals surface area contributed by atoms with Crippen LogP contribution in [0.15, 0.2) is 88.5 Å². The lowest BCUT2D eigenvalue weighted by Crippen LogP contribution is -2.16. The van der Waals surface area contributed by atoms with Crippen molar-refractivity contribution in [1.82, 2.24) is 14.6 Å². The van der Waals surface area contributed by atoms with E-state index in [-0.39, 0.29) is 12.4 Å². The lowest BCUT2D eigenvalue weighted by molar-refractivity contribution is 0.0923. The van der Waals surface area contributed by atoms with E-state index >= 15 is 0 Å². The molecule has 0 atom stereocenters. The van der Waals surface area contributed by atoms with Gasteiger partial charge in [0.05, 0.1) is 6.21 Å². The van der Waals surface area contributed by atoms with Crippen LogP contribution in [0.3, 0.4) is 0 Å². The number of para-hydroxylation sites is 1. The molecule has 0 fully saturated rings. The largest absolute Gasteiger partial charge is 0.486 e. The number of hydrogen-bond donors (Lipinski definition) is 1. The van der Waals surface area contributed by atoms with Gasteiger partial charge in [0, 0.05) is 46.3 Å². The van der Waals surface area contributed by atoms with Crippen LogP contribution in [-0.4, -0.2) is 21.3 Å². The normalized spacial score (nSPS) is 11.4. The highest BCUT2D eigenvalue weighted by atomic mass is 16.5. The van der Waals surface area contributed by atoms with Crippen LogP contribution in [0, 0.1) is 13.8 Å². The number of benzene rings is 2. The maximum atomic E-state index is 12.5. The van der Waals surface area contributed by atoms with Gasteiger partial charge in [-0.25, -0.2) is 5.43 Å². The third-order valence-corrected chi connectivity index (χ3v) is 6.16. The number of ether oxygens (including phenoxy) is 1. The van der Waals surface area contributed by atoms with Gasteiger partial charge in [-0.1, -0.05) is 18.2 Å². The van der Waals surface area contributed by atoms with Gasteiger partial charge in [-0.3, -0.25) is 4.79 Å². The molecule has 1 N–H and O–H groups in total. The molecule has 36 heavy (non-hydrogen) atoms. The summed E-state index contributed by atoms with van der Waals surface area (Å²) in [7, 11) is 0. The molecular formula is C29H28N4O3. The summed E-state index contributed by atoms with van der Waals surface area (Å²) < 4.78 is 15.8. The highest BCUT2D eigenvalue weighted by Gasteiger charge is 2.12. The van der Waals surface area contributed by atoms with E-state index in [1.165, 1.54) is 11.4 Å². The highest BCUT2D eigenvalue weighted by molar-refractivity contribution is 6.00. The number of rotatable bonds is 8.